The van der Waals surface area contributed by atoms with Crippen LogP contribution in [0.2, 0.25) is 0 Å². The molecule has 3 atom stereocenters. The predicted molar refractivity (Wildman–Crippen MR) is 75.1 cm³/mol. The third kappa shape index (κ3) is 4.04. The molecule has 1 heterocycles. The van der Waals surface area contributed by atoms with Crippen molar-refractivity contribution in [2.75, 3.05) is 18.6 Å². The van der Waals surface area contributed by atoms with Crippen LogP contribution >= 0.6 is 23.5 Å². The Kier molecular flexibility index (Phi) is 6.17. The van der Waals surface area contributed by atoms with Gasteiger partial charge in [-0.1, -0.05) is 12.5 Å². The van der Waals surface area contributed by atoms with Crippen LogP contribution in [0.15, 0.2) is 12.2 Å². The Labute approximate surface area is 103 Å². The highest BCUT2D eigenvalue weighted by atomic mass is 32.2. The molecule has 1 nitrogen and oxygen atoms in total. The molecule has 0 bridgehead atoms. The molecule has 3 heteroatoms. The topological polar surface area (TPSA) is 12.0 Å². The van der Waals surface area contributed by atoms with E-state index in [2.05, 4.69) is 56.3 Å². The molecule has 0 radical (unpaired) electrons. The Morgan fingerprint density at radius 1 is 1.47 bits per heavy atom. The highest BCUT2D eigenvalue weighted by Crippen LogP contribution is 2.36. The smallest absolute Gasteiger partial charge is 0.0323 e. The first-order chi connectivity index (χ1) is 7.19. The summed E-state index contributed by atoms with van der Waals surface area (Å²) in [6.45, 7) is 8.47. The Balaban J connectivity index is 2.58. The standard InChI is InChI=1S/C12H23NS2/c1-5-11-12(15-7-6-14-11)10(13-4)8-9(2)3/h10-13H,2,5-8H2,1,3-4H3. The second-order valence-electron chi connectivity index (χ2n) is 4.21. The third-order valence-electron chi connectivity index (χ3n) is 2.83. The molecule has 1 aliphatic heterocycles. The van der Waals surface area contributed by atoms with Crippen LogP contribution in [-0.4, -0.2) is 35.1 Å². The van der Waals surface area contributed by atoms with Gasteiger partial charge in [-0.3, -0.25) is 0 Å². The molecule has 0 aromatic heterocycles. The van der Waals surface area contributed by atoms with E-state index in [-0.39, 0.29) is 0 Å². The maximum atomic E-state index is 4.03. The quantitative estimate of drug-likeness (QED) is 0.747. The van der Waals surface area contributed by atoms with Crippen LogP contribution in [0.5, 0.6) is 0 Å². The first-order valence-electron chi connectivity index (χ1n) is 5.73. The fourth-order valence-electron chi connectivity index (χ4n) is 2.07. The summed E-state index contributed by atoms with van der Waals surface area (Å²) in [4.78, 5) is 0. The van der Waals surface area contributed by atoms with Gasteiger partial charge in [-0.2, -0.15) is 23.5 Å². The Morgan fingerprint density at radius 3 is 2.67 bits per heavy atom. The molecule has 0 aromatic rings. The van der Waals surface area contributed by atoms with E-state index >= 15 is 0 Å². The molecular formula is C12H23NS2. The van der Waals surface area contributed by atoms with Crippen LogP contribution in [0.25, 0.3) is 0 Å². The maximum Gasteiger partial charge on any atom is 0.0323 e. The van der Waals surface area contributed by atoms with E-state index in [9.17, 15) is 0 Å². The number of hydrogen-bond acceptors (Lipinski definition) is 3. The van der Waals surface area contributed by atoms with Gasteiger partial charge < -0.3 is 5.32 Å². The van der Waals surface area contributed by atoms with E-state index in [1.54, 1.807) is 0 Å². The lowest BCUT2D eigenvalue weighted by Crippen LogP contribution is -2.43. The van der Waals surface area contributed by atoms with Gasteiger partial charge in [-0.15, -0.1) is 6.58 Å². The lowest BCUT2D eigenvalue weighted by Gasteiger charge is -2.36. The Bertz CT molecular complexity index is 206. The molecule has 0 saturated carbocycles. The second-order valence-corrected chi connectivity index (χ2v) is 6.84. The zero-order valence-corrected chi connectivity index (χ0v) is 11.7. The van der Waals surface area contributed by atoms with Crippen molar-refractivity contribution in [2.24, 2.45) is 0 Å². The molecule has 3 unspecified atom stereocenters. The van der Waals surface area contributed by atoms with Crippen LogP contribution in [0.1, 0.15) is 26.7 Å². The van der Waals surface area contributed by atoms with Crippen molar-refractivity contribution in [2.45, 2.75) is 43.2 Å². The van der Waals surface area contributed by atoms with E-state index in [1.807, 2.05) is 0 Å². The maximum absolute atomic E-state index is 4.03. The first-order valence-corrected chi connectivity index (χ1v) is 7.83. The predicted octanol–water partition coefficient (Wildman–Crippen LogP) is 3.17. The summed E-state index contributed by atoms with van der Waals surface area (Å²) in [6.07, 6.45) is 2.40. The molecule has 15 heavy (non-hydrogen) atoms. The van der Waals surface area contributed by atoms with Crippen molar-refractivity contribution in [1.29, 1.82) is 0 Å². The second kappa shape index (κ2) is 6.87. The fraction of sp³-hybridized carbons (Fsp3) is 0.833. The molecule has 0 amide bonds. The van der Waals surface area contributed by atoms with Gasteiger partial charge >= 0.3 is 0 Å². The average molecular weight is 245 g/mol. The fourth-order valence-corrected chi connectivity index (χ4v) is 5.37. The van der Waals surface area contributed by atoms with Gasteiger partial charge in [0.1, 0.15) is 0 Å². The van der Waals surface area contributed by atoms with Crippen LogP contribution < -0.4 is 5.32 Å². The number of thioether (sulfide) groups is 2. The summed E-state index contributed by atoms with van der Waals surface area (Å²) in [5.74, 6) is 2.63. The highest BCUT2D eigenvalue weighted by Gasteiger charge is 2.30. The van der Waals surface area contributed by atoms with Crippen molar-refractivity contribution >= 4 is 23.5 Å². The minimum Gasteiger partial charge on any atom is -0.316 e. The largest absolute Gasteiger partial charge is 0.316 e. The van der Waals surface area contributed by atoms with E-state index in [1.165, 1.54) is 23.5 Å². The van der Waals surface area contributed by atoms with E-state index < -0.39 is 0 Å². The lowest BCUT2D eigenvalue weighted by atomic mass is 10.0. The van der Waals surface area contributed by atoms with Crippen molar-refractivity contribution in [1.82, 2.24) is 5.32 Å². The minimum atomic E-state index is 0.602. The number of rotatable bonds is 5. The normalized spacial score (nSPS) is 28.7. The van der Waals surface area contributed by atoms with Gasteiger partial charge in [-0.25, -0.2) is 0 Å². The molecule has 1 saturated heterocycles. The van der Waals surface area contributed by atoms with Crippen molar-refractivity contribution in [3.8, 4) is 0 Å². The molecule has 0 aliphatic carbocycles. The van der Waals surface area contributed by atoms with Crippen LogP contribution in [0.4, 0.5) is 0 Å². The lowest BCUT2D eigenvalue weighted by molar-refractivity contribution is 0.516. The van der Waals surface area contributed by atoms with E-state index in [4.69, 9.17) is 0 Å². The molecule has 1 rings (SSSR count). The SMILES string of the molecule is C=C(C)CC(NC)C1SCCSC1CC. The molecule has 1 fully saturated rings. The summed E-state index contributed by atoms with van der Waals surface area (Å²) < 4.78 is 0. The summed E-state index contributed by atoms with van der Waals surface area (Å²) in [6, 6.07) is 0.602. The van der Waals surface area contributed by atoms with Crippen LogP contribution in [-0.2, 0) is 0 Å². The van der Waals surface area contributed by atoms with Gasteiger partial charge in [0.05, 0.1) is 0 Å². The monoisotopic (exact) mass is 245 g/mol. The molecular weight excluding hydrogens is 222 g/mol. The molecule has 0 spiro atoms. The average Bonchev–Trinajstić information content (AvgIpc) is 2.25. The molecule has 1 aliphatic rings. The van der Waals surface area contributed by atoms with E-state index in [0.717, 1.165) is 16.9 Å². The van der Waals surface area contributed by atoms with Gasteiger partial charge in [-0.05, 0) is 26.8 Å². The zero-order valence-electron chi connectivity index (χ0n) is 10.1. The summed E-state index contributed by atoms with van der Waals surface area (Å²) in [7, 11) is 2.08. The first kappa shape index (κ1) is 13.5. The van der Waals surface area contributed by atoms with E-state index in [0.29, 0.717) is 6.04 Å². The number of nitrogens with one attached hydrogen (secondary N) is 1. The summed E-state index contributed by atoms with van der Waals surface area (Å²) in [5, 5.41) is 5.05. The minimum absolute atomic E-state index is 0.602. The van der Waals surface area contributed by atoms with Crippen LogP contribution in [0.3, 0.4) is 0 Å². The van der Waals surface area contributed by atoms with Gasteiger partial charge in [0.25, 0.3) is 0 Å². The van der Waals surface area contributed by atoms with Gasteiger partial charge in [0.2, 0.25) is 0 Å². The highest BCUT2D eigenvalue weighted by molar-refractivity contribution is 8.07. The molecule has 1 N–H and O–H groups in total. The zero-order chi connectivity index (χ0) is 11.3. The van der Waals surface area contributed by atoms with Gasteiger partial charge in [0.15, 0.2) is 0 Å². The Morgan fingerprint density at radius 2 is 2.13 bits per heavy atom. The molecule has 0 aromatic carbocycles. The van der Waals surface area contributed by atoms with Crippen molar-refractivity contribution in [3.63, 3.8) is 0 Å². The van der Waals surface area contributed by atoms with Crippen molar-refractivity contribution < 1.29 is 0 Å². The number of hydrogen-bond donors (Lipinski definition) is 1. The van der Waals surface area contributed by atoms with Gasteiger partial charge in [0, 0.05) is 28.0 Å². The van der Waals surface area contributed by atoms with Crippen molar-refractivity contribution in [3.05, 3.63) is 12.2 Å². The third-order valence-corrected chi connectivity index (χ3v) is 6.24. The summed E-state index contributed by atoms with van der Waals surface area (Å²) in [5.41, 5.74) is 1.29. The molecule has 88 valence electrons. The van der Waals surface area contributed by atoms with Crippen LogP contribution in [0, 0.1) is 0 Å². The summed E-state index contributed by atoms with van der Waals surface area (Å²) >= 11 is 4.30. The Hall–Kier alpha value is 0.400.